The lowest BCUT2D eigenvalue weighted by Gasteiger charge is -2.31. The van der Waals surface area contributed by atoms with Gasteiger partial charge in [-0.05, 0) is 25.5 Å². The van der Waals surface area contributed by atoms with Crippen LogP contribution in [0.2, 0.25) is 0 Å². The molecule has 5 heteroatoms. The van der Waals surface area contributed by atoms with Crippen LogP contribution in [0, 0.1) is 6.92 Å². The fourth-order valence-corrected chi connectivity index (χ4v) is 2.41. The number of rotatable bonds is 2. The van der Waals surface area contributed by atoms with Crippen molar-refractivity contribution >= 4 is 5.65 Å². The highest BCUT2D eigenvalue weighted by Crippen LogP contribution is 2.18. The van der Waals surface area contributed by atoms with Crippen molar-refractivity contribution < 1.29 is 0 Å². The Morgan fingerprint density at radius 1 is 1.28 bits per heavy atom. The van der Waals surface area contributed by atoms with Gasteiger partial charge < -0.3 is 5.32 Å². The molecule has 1 aliphatic heterocycles. The Hall–Kier alpha value is -1.46. The van der Waals surface area contributed by atoms with Crippen LogP contribution in [-0.4, -0.2) is 45.7 Å². The summed E-state index contributed by atoms with van der Waals surface area (Å²) in [5.74, 6) is 0.919. The second kappa shape index (κ2) is 4.66. The van der Waals surface area contributed by atoms with Crippen LogP contribution in [0.5, 0.6) is 0 Å². The monoisotopic (exact) mass is 245 g/mol. The maximum Gasteiger partial charge on any atom is 0.168 e. The molecule has 0 bridgehead atoms. The van der Waals surface area contributed by atoms with Gasteiger partial charge in [0.2, 0.25) is 0 Å². The van der Waals surface area contributed by atoms with Crippen LogP contribution in [-0.2, 0) is 0 Å². The Morgan fingerprint density at radius 3 is 2.83 bits per heavy atom. The summed E-state index contributed by atoms with van der Waals surface area (Å²) < 4.78 is 1.88. The van der Waals surface area contributed by atoms with Crippen LogP contribution in [0.25, 0.3) is 5.65 Å². The SMILES string of the molecule is Cc1ccc2nc(C(C)N3CCNCC3)nn2c1. The third kappa shape index (κ3) is 2.11. The first kappa shape index (κ1) is 11.6. The predicted octanol–water partition coefficient (Wildman–Crippen LogP) is 1.00. The zero-order valence-corrected chi connectivity index (χ0v) is 10.9. The van der Waals surface area contributed by atoms with E-state index in [9.17, 15) is 0 Å². The Kier molecular flexibility index (Phi) is 3.01. The first-order valence-corrected chi connectivity index (χ1v) is 6.52. The molecule has 3 heterocycles. The second-order valence-corrected chi connectivity index (χ2v) is 4.94. The van der Waals surface area contributed by atoms with Crippen molar-refractivity contribution in [2.24, 2.45) is 0 Å². The third-order valence-corrected chi connectivity index (χ3v) is 3.57. The molecule has 96 valence electrons. The van der Waals surface area contributed by atoms with Crippen LogP contribution in [0.4, 0.5) is 0 Å². The zero-order valence-electron chi connectivity index (χ0n) is 10.9. The molecule has 1 atom stereocenters. The maximum absolute atomic E-state index is 4.62. The van der Waals surface area contributed by atoms with Gasteiger partial charge in [-0.15, -0.1) is 5.10 Å². The molecule has 0 radical (unpaired) electrons. The van der Waals surface area contributed by atoms with Gasteiger partial charge in [-0.2, -0.15) is 0 Å². The minimum atomic E-state index is 0.285. The summed E-state index contributed by atoms with van der Waals surface area (Å²) in [4.78, 5) is 7.05. The van der Waals surface area contributed by atoms with E-state index < -0.39 is 0 Å². The fraction of sp³-hybridized carbons (Fsp3) is 0.538. The summed E-state index contributed by atoms with van der Waals surface area (Å²) in [6, 6.07) is 4.38. The quantitative estimate of drug-likeness (QED) is 0.857. The van der Waals surface area contributed by atoms with Crippen molar-refractivity contribution in [3.63, 3.8) is 0 Å². The van der Waals surface area contributed by atoms with Gasteiger partial charge in [0.05, 0.1) is 6.04 Å². The lowest BCUT2D eigenvalue weighted by molar-refractivity contribution is 0.179. The van der Waals surface area contributed by atoms with E-state index >= 15 is 0 Å². The van der Waals surface area contributed by atoms with E-state index in [0.717, 1.165) is 37.7 Å². The van der Waals surface area contributed by atoms with E-state index in [1.165, 1.54) is 5.56 Å². The topological polar surface area (TPSA) is 45.5 Å². The van der Waals surface area contributed by atoms with E-state index in [4.69, 9.17) is 0 Å². The molecule has 1 unspecified atom stereocenters. The zero-order chi connectivity index (χ0) is 12.5. The van der Waals surface area contributed by atoms with Crippen LogP contribution in [0.1, 0.15) is 24.4 Å². The number of nitrogens with one attached hydrogen (secondary N) is 1. The highest BCUT2D eigenvalue weighted by atomic mass is 15.3. The Balaban J connectivity index is 1.88. The minimum absolute atomic E-state index is 0.285. The van der Waals surface area contributed by atoms with Gasteiger partial charge in [-0.3, -0.25) is 4.90 Å². The summed E-state index contributed by atoms with van der Waals surface area (Å²) in [6.45, 7) is 8.49. The molecular weight excluding hydrogens is 226 g/mol. The smallest absolute Gasteiger partial charge is 0.168 e. The molecule has 5 nitrogen and oxygen atoms in total. The number of aryl methyl sites for hydroxylation is 1. The van der Waals surface area contributed by atoms with Gasteiger partial charge in [0.1, 0.15) is 0 Å². The number of aromatic nitrogens is 3. The number of fused-ring (bicyclic) bond motifs is 1. The third-order valence-electron chi connectivity index (χ3n) is 3.57. The molecule has 1 aliphatic rings. The van der Waals surface area contributed by atoms with Crippen LogP contribution in [0.3, 0.4) is 0 Å². The van der Waals surface area contributed by atoms with E-state index in [1.54, 1.807) is 0 Å². The van der Waals surface area contributed by atoms with E-state index in [1.807, 2.05) is 16.8 Å². The number of hydrogen-bond acceptors (Lipinski definition) is 4. The van der Waals surface area contributed by atoms with E-state index in [0.29, 0.717) is 0 Å². The van der Waals surface area contributed by atoms with Crippen molar-refractivity contribution in [2.75, 3.05) is 26.2 Å². The van der Waals surface area contributed by atoms with E-state index in [-0.39, 0.29) is 6.04 Å². The van der Waals surface area contributed by atoms with Gasteiger partial charge >= 0.3 is 0 Å². The molecule has 0 aromatic carbocycles. The summed E-state index contributed by atoms with van der Waals surface area (Å²) in [5.41, 5.74) is 2.13. The first-order valence-electron chi connectivity index (χ1n) is 6.52. The van der Waals surface area contributed by atoms with Crippen molar-refractivity contribution in [3.05, 3.63) is 29.7 Å². The molecule has 0 spiro atoms. The summed E-state index contributed by atoms with van der Waals surface area (Å²) >= 11 is 0. The molecule has 2 aromatic rings. The average molecular weight is 245 g/mol. The van der Waals surface area contributed by atoms with Crippen molar-refractivity contribution in [1.82, 2.24) is 24.8 Å². The summed E-state index contributed by atoms with van der Waals surface area (Å²) in [7, 11) is 0. The normalized spacial score (nSPS) is 19.2. The van der Waals surface area contributed by atoms with E-state index in [2.05, 4.69) is 40.2 Å². The van der Waals surface area contributed by atoms with Gasteiger partial charge in [-0.25, -0.2) is 9.50 Å². The Labute approximate surface area is 107 Å². The molecule has 1 saturated heterocycles. The second-order valence-electron chi connectivity index (χ2n) is 4.94. The van der Waals surface area contributed by atoms with Gasteiger partial charge in [0.25, 0.3) is 0 Å². The standard InChI is InChI=1S/C13H19N5/c1-10-3-4-12-15-13(16-18(12)9-10)11(2)17-7-5-14-6-8-17/h3-4,9,11,14H,5-8H2,1-2H3. The molecule has 1 fully saturated rings. The summed E-state index contributed by atoms with van der Waals surface area (Å²) in [6.07, 6.45) is 2.02. The van der Waals surface area contributed by atoms with Crippen molar-refractivity contribution in [3.8, 4) is 0 Å². The van der Waals surface area contributed by atoms with Crippen molar-refractivity contribution in [1.29, 1.82) is 0 Å². The van der Waals surface area contributed by atoms with Crippen LogP contribution >= 0.6 is 0 Å². The highest BCUT2D eigenvalue weighted by molar-refractivity contribution is 5.38. The molecule has 0 aliphatic carbocycles. The Morgan fingerprint density at radius 2 is 2.06 bits per heavy atom. The lowest BCUT2D eigenvalue weighted by Crippen LogP contribution is -2.44. The number of nitrogens with zero attached hydrogens (tertiary/aromatic N) is 4. The summed E-state index contributed by atoms with van der Waals surface area (Å²) in [5, 5.41) is 7.96. The number of pyridine rings is 1. The van der Waals surface area contributed by atoms with Crippen molar-refractivity contribution in [2.45, 2.75) is 19.9 Å². The fourth-order valence-electron chi connectivity index (χ4n) is 2.41. The first-order chi connectivity index (χ1) is 8.74. The molecule has 0 saturated carbocycles. The van der Waals surface area contributed by atoms with Crippen LogP contribution in [0.15, 0.2) is 18.3 Å². The van der Waals surface area contributed by atoms with Crippen LogP contribution < -0.4 is 5.32 Å². The Bertz CT molecular complexity index is 541. The molecule has 3 rings (SSSR count). The van der Waals surface area contributed by atoms with Gasteiger partial charge in [-0.1, -0.05) is 6.07 Å². The molecule has 1 N–H and O–H groups in total. The maximum atomic E-state index is 4.62. The minimum Gasteiger partial charge on any atom is -0.314 e. The van der Waals surface area contributed by atoms with Gasteiger partial charge in [0, 0.05) is 32.4 Å². The average Bonchev–Trinajstić information content (AvgIpc) is 2.81. The van der Waals surface area contributed by atoms with Gasteiger partial charge in [0.15, 0.2) is 11.5 Å². The largest absolute Gasteiger partial charge is 0.314 e. The number of hydrogen-bond donors (Lipinski definition) is 1. The molecule has 0 amide bonds. The molecule has 18 heavy (non-hydrogen) atoms. The number of piperazine rings is 1. The lowest BCUT2D eigenvalue weighted by atomic mass is 10.2. The highest BCUT2D eigenvalue weighted by Gasteiger charge is 2.21. The molecule has 2 aromatic heterocycles. The predicted molar refractivity (Wildman–Crippen MR) is 70.6 cm³/mol. The molecular formula is C13H19N5.